The summed E-state index contributed by atoms with van der Waals surface area (Å²) in [6.45, 7) is 3.95. The molecule has 0 saturated carbocycles. The lowest BCUT2D eigenvalue weighted by Gasteiger charge is -2.19. The van der Waals surface area contributed by atoms with Gasteiger partial charge in [0.2, 0.25) is 5.91 Å². The quantitative estimate of drug-likeness (QED) is 0.719. The van der Waals surface area contributed by atoms with Crippen molar-refractivity contribution in [1.82, 2.24) is 4.90 Å². The molecule has 0 bridgehead atoms. The predicted octanol–water partition coefficient (Wildman–Crippen LogP) is 0.653. The Labute approximate surface area is 94.7 Å². The van der Waals surface area contributed by atoms with E-state index in [4.69, 9.17) is 9.84 Å². The van der Waals surface area contributed by atoms with Gasteiger partial charge in [-0.25, -0.2) is 4.79 Å². The van der Waals surface area contributed by atoms with Gasteiger partial charge in [-0.3, -0.25) is 4.79 Å². The number of methoxy groups -OCH3 is 1. The minimum Gasteiger partial charge on any atom is -0.480 e. The molecule has 1 fully saturated rings. The van der Waals surface area contributed by atoms with Gasteiger partial charge in [-0.2, -0.15) is 0 Å². The van der Waals surface area contributed by atoms with Crippen LogP contribution in [0.5, 0.6) is 0 Å². The minimum atomic E-state index is -0.977. The Kier molecular flexibility index (Phi) is 4.06. The van der Waals surface area contributed by atoms with Gasteiger partial charge < -0.3 is 14.7 Å². The molecule has 1 aliphatic rings. The molecule has 16 heavy (non-hydrogen) atoms. The molecule has 1 heterocycles. The van der Waals surface area contributed by atoms with E-state index in [-0.39, 0.29) is 12.0 Å². The lowest BCUT2D eigenvalue weighted by atomic mass is 10.2. The molecule has 5 heteroatoms. The normalized spacial score (nSPS) is 24.3. The number of carboxylic acid groups (broad SMARTS) is 1. The molecule has 0 spiro atoms. The molecule has 1 aliphatic heterocycles. The van der Waals surface area contributed by atoms with E-state index in [1.54, 1.807) is 13.8 Å². The van der Waals surface area contributed by atoms with Crippen molar-refractivity contribution in [2.75, 3.05) is 13.7 Å². The molecule has 5 nitrogen and oxygen atoms in total. The third-order valence-electron chi connectivity index (χ3n) is 2.58. The Morgan fingerprint density at radius 3 is 2.50 bits per heavy atom. The summed E-state index contributed by atoms with van der Waals surface area (Å²) >= 11 is 0. The highest BCUT2D eigenvalue weighted by atomic mass is 16.5. The van der Waals surface area contributed by atoms with Crippen LogP contribution in [0.2, 0.25) is 0 Å². The predicted molar refractivity (Wildman–Crippen MR) is 58.0 cm³/mol. The second-order valence-electron chi connectivity index (χ2n) is 4.16. The summed E-state index contributed by atoms with van der Waals surface area (Å²) in [7, 11) is 1.53. The highest BCUT2D eigenvalue weighted by Gasteiger charge is 2.38. The third kappa shape index (κ3) is 2.82. The van der Waals surface area contributed by atoms with Gasteiger partial charge in [0, 0.05) is 26.2 Å². The molecule has 2 atom stereocenters. The van der Waals surface area contributed by atoms with Crippen molar-refractivity contribution in [2.45, 2.75) is 32.4 Å². The molecule has 0 radical (unpaired) electrons. The third-order valence-corrected chi connectivity index (χ3v) is 2.58. The summed E-state index contributed by atoms with van der Waals surface area (Å²) in [4.78, 5) is 24.1. The molecular formula is C11H17NO4. The van der Waals surface area contributed by atoms with E-state index >= 15 is 0 Å². The summed E-state index contributed by atoms with van der Waals surface area (Å²) in [5.41, 5.74) is 0.856. The standard InChI is InChI=1S/C11H17NO4/c1-7(2)4-10(13)12-6-8(16-3)5-9(12)11(14)15/h4,8-9H,5-6H2,1-3H3,(H,14,15). The van der Waals surface area contributed by atoms with E-state index < -0.39 is 12.0 Å². The molecule has 1 rings (SSSR count). The number of hydrogen-bond acceptors (Lipinski definition) is 3. The molecule has 2 unspecified atom stereocenters. The zero-order valence-corrected chi connectivity index (χ0v) is 9.77. The smallest absolute Gasteiger partial charge is 0.326 e. The van der Waals surface area contributed by atoms with Gasteiger partial charge in [-0.05, 0) is 13.8 Å². The topological polar surface area (TPSA) is 66.8 Å². The maximum atomic E-state index is 11.8. The SMILES string of the molecule is COC1CC(C(=O)O)N(C(=O)C=C(C)C)C1. The zero-order valence-electron chi connectivity index (χ0n) is 9.77. The number of allylic oxidation sites excluding steroid dienone is 1. The molecule has 0 aromatic heterocycles. The van der Waals surface area contributed by atoms with Crippen molar-refractivity contribution in [3.63, 3.8) is 0 Å². The van der Waals surface area contributed by atoms with Gasteiger partial charge in [0.05, 0.1) is 6.10 Å². The number of hydrogen-bond donors (Lipinski definition) is 1. The number of carboxylic acids is 1. The number of rotatable bonds is 3. The second-order valence-corrected chi connectivity index (χ2v) is 4.16. The van der Waals surface area contributed by atoms with Crippen LogP contribution < -0.4 is 0 Å². The largest absolute Gasteiger partial charge is 0.480 e. The summed E-state index contributed by atoms with van der Waals surface area (Å²) in [5.74, 6) is -1.23. The first-order chi connectivity index (χ1) is 7.45. The van der Waals surface area contributed by atoms with Gasteiger partial charge in [0.25, 0.3) is 0 Å². The maximum Gasteiger partial charge on any atom is 0.326 e. The molecule has 1 N–H and O–H groups in total. The van der Waals surface area contributed by atoms with Crippen molar-refractivity contribution in [3.05, 3.63) is 11.6 Å². The Hall–Kier alpha value is -1.36. The number of ether oxygens (including phenoxy) is 1. The van der Waals surface area contributed by atoms with E-state index in [9.17, 15) is 9.59 Å². The van der Waals surface area contributed by atoms with E-state index in [1.165, 1.54) is 18.1 Å². The van der Waals surface area contributed by atoms with Crippen LogP contribution >= 0.6 is 0 Å². The highest BCUT2D eigenvalue weighted by Crippen LogP contribution is 2.20. The van der Waals surface area contributed by atoms with Gasteiger partial charge >= 0.3 is 5.97 Å². The van der Waals surface area contributed by atoms with E-state index in [0.717, 1.165) is 5.57 Å². The Morgan fingerprint density at radius 2 is 2.06 bits per heavy atom. The van der Waals surface area contributed by atoms with Gasteiger partial charge in [-0.15, -0.1) is 0 Å². The fourth-order valence-corrected chi connectivity index (χ4v) is 1.78. The summed E-state index contributed by atoms with van der Waals surface area (Å²) in [6, 6.07) is -0.770. The van der Waals surface area contributed by atoms with Gasteiger partial charge in [-0.1, -0.05) is 5.57 Å². The van der Waals surface area contributed by atoms with E-state index in [1.807, 2.05) is 0 Å². The second kappa shape index (κ2) is 5.12. The number of nitrogens with zero attached hydrogens (tertiary/aromatic N) is 1. The fraction of sp³-hybridized carbons (Fsp3) is 0.636. The van der Waals surface area contributed by atoms with Gasteiger partial charge in [0.15, 0.2) is 0 Å². The first-order valence-electron chi connectivity index (χ1n) is 5.16. The molecule has 90 valence electrons. The first kappa shape index (κ1) is 12.7. The van der Waals surface area contributed by atoms with Crippen LogP contribution in [0.25, 0.3) is 0 Å². The zero-order chi connectivity index (χ0) is 12.3. The molecule has 1 amide bonds. The number of carbonyl (C=O) groups is 2. The van der Waals surface area contributed by atoms with Crippen molar-refractivity contribution < 1.29 is 19.4 Å². The average molecular weight is 227 g/mol. The van der Waals surface area contributed by atoms with Crippen LogP contribution in [-0.2, 0) is 14.3 Å². The van der Waals surface area contributed by atoms with Crippen LogP contribution in [0.15, 0.2) is 11.6 Å². The van der Waals surface area contributed by atoms with Crippen LogP contribution in [0.4, 0.5) is 0 Å². The monoisotopic (exact) mass is 227 g/mol. The summed E-state index contributed by atoms with van der Waals surface area (Å²) in [5, 5.41) is 9.01. The minimum absolute atomic E-state index is 0.185. The van der Waals surface area contributed by atoms with Crippen LogP contribution in [0, 0.1) is 0 Å². The Balaban J connectivity index is 2.81. The number of aliphatic carboxylic acids is 1. The number of amides is 1. The van der Waals surface area contributed by atoms with Crippen molar-refractivity contribution in [3.8, 4) is 0 Å². The maximum absolute atomic E-state index is 11.8. The van der Waals surface area contributed by atoms with Crippen molar-refractivity contribution in [1.29, 1.82) is 0 Å². The lowest BCUT2D eigenvalue weighted by Crippen LogP contribution is -2.39. The molecule has 0 aliphatic carbocycles. The van der Waals surface area contributed by atoms with Crippen molar-refractivity contribution in [2.24, 2.45) is 0 Å². The molecule has 0 aromatic rings. The van der Waals surface area contributed by atoms with E-state index in [2.05, 4.69) is 0 Å². The van der Waals surface area contributed by atoms with Crippen LogP contribution in [0.1, 0.15) is 20.3 Å². The van der Waals surface area contributed by atoms with Gasteiger partial charge in [0.1, 0.15) is 6.04 Å². The molecule has 1 saturated heterocycles. The number of likely N-dealkylation sites (tertiary alicyclic amines) is 1. The fourth-order valence-electron chi connectivity index (χ4n) is 1.78. The van der Waals surface area contributed by atoms with Crippen molar-refractivity contribution >= 4 is 11.9 Å². The Morgan fingerprint density at radius 1 is 1.44 bits per heavy atom. The number of carbonyl (C=O) groups excluding carboxylic acids is 1. The molecule has 0 aromatic carbocycles. The summed E-state index contributed by atoms with van der Waals surface area (Å²) in [6.07, 6.45) is 1.62. The highest BCUT2D eigenvalue weighted by molar-refractivity contribution is 5.92. The summed E-state index contributed by atoms with van der Waals surface area (Å²) < 4.78 is 5.10. The lowest BCUT2D eigenvalue weighted by molar-refractivity contribution is -0.146. The average Bonchev–Trinajstić information content (AvgIpc) is 2.60. The van der Waals surface area contributed by atoms with E-state index in [0.29, 0.717) is 13.0 Å². The molecular weight excluding hydrogens is 210 g/mol. The van der Waals surface area contributed by atoms with Crippen LogP contribution in [0.3, 0.4) is 0 Å². The first-order valence-corrected chi connectivity index (χ1v) is 5.16. The van der Waals surface area contributed by atoms with Crippen LogP contribution in [-0.4, -0.2) is 47.7 Å². The Bertz CT molecular complexity index is 320.